The number of aromatic nitrogens is 1. The molecular weight excluding hydrogens is 184 g/mol. The summed E-state index contributed by atoms with van der Waals surface area (Å²) in [5.74, 6) is 0.231. The van der Waals surface area contributed by atoms with Crippen LogP contribution < -0.4 is 16.8 Å². The second-order valence-corrected chi connectivity index (χ2v) is 3.07. The van der Waals surface area contributed by atoms with Crippen molar-refractivity contribution in [3.8, 4) is 0 Å². The molecule has 1 rings (SSSR count). The molecule has 0 spiro atoms. The van der Waals surface area contributed by atoms with Crippen molar-refractivity contribution < 1.29 is 9.32 Å². The lowest BCUT2D eigenvalue weighted by Crippen LogP contribution is -2.44. The first-order chi connectivity index (χ1) is 6.59. The van der Waals surface area contributed by atoms with Crippen molar-refractivity contribution in [3.05, 3.63) is 17.5 Å². The van der Waals surface area contributed by atoms with Crippen LogP contribution in [0.25, 0.3) is 0 Å². The van der Waals surface area contributed by atoms with Crippen LogP contribution in [0.15, 0.2) is 10.6 Å². The lowest BCUT2D eigenvalue weighted by Gasteiger charge is -2.06. The maximum atomic E-state index is 10.6. The first kappa shape index (κ1) is 10.7. The number of hydrogen-bond acceptors (Lipinski definition) is 5. The summed E-state index contributed by atoms with van der Waals surface area (Å²) in [6.45, 7) is 2.66. The average molecular weight is 198 g/mol. The van der Waals surface area contributed by atoms with E-state index in [1.807, 2.05) is 13.0 Å². The first-order valence-corrected chi connectivity index (χ1v) is 4.27. The molecule has 1 unspecified atom stereocenters. The van der Waals surface area contributed by atoms with Crippen molar-refractivity contribution in [1.29, 1.82) is 0 Å². The van der Waals surface area contributed by atoms with E-state index in [0.29, 0.717) is 13.1 Å². The minimum atomic E-state index is -0.664. The molecular formula is C8H14N4O2. The molecule has 1 aromatic heterocycles. The second-order valence-electron chi connectivity index (χ2n) is 3.07. The van der Waals surface area contributed by atoms with Crippen molar-refractivity contribution >= 4 is 5.91 Å². The third kappa shape index (κ3) is 3.15. The maximum Gasteiger partial charge on any atom is 0.235 e. The number of aryl methyl sites for hydroxylation is 1. The van der Waals surface area contributed by atoms with E-state index in [2.05, 4.69) is 10.5 Å². The van der Waals surface area contributed by atoms with Gasteiger partial charge in [0.2, 0.25) is 5.91 Å². The number of carbonyl (C=O) groups is 1. The maximum absolute atomic E-state index is 10.6. The van der Waals surface area contributed by atoms with Gasteiger partial charge < -0.3 is 21.3 Å². The lowest BCUT2D eigenvalue weighted by molar-refractivity contribution is -0.119. The quantitative estimate of drug-likeness (QED) is 0.555. The van der Waals surface area contributed by atoms with E-state index in [4.69, 9.17) is 16.0 Å². The number of nitrogens with two attached hydrogens (primary N) is 2. The lowest BCUT2D eigenvalue weighted by atomic mass is 10.3. The van der Waals surface area contributed by atoms with Gasteiger partial charge in [0, 0.05) is 19.2 Å². The van der Waals surface area contributed by atoms with E-state index in [1.165, 1.54) is 0 Å². The number of carbonyl (C=O) groups excluding carboxylic acids is 1. The van der Waals surface area contributed by atoms with Crippen LogP contribution in [0, 0.1) is 6.92 Å². The molecule has 1 aromatic rings. The molecule has 6 heteroatoms. The summed E-state index contributed by atoms with van der Waals surface area (Å²) in [7, 11) is 0. The van der Waals surface area contributed by atoms with Crippen LogP contribution in [-0.2, 0) is 11.3 Å². The van der Waals surface area contributed by atoms with Crippen molar-refractivity contribution in [2.45, 2.75) is 19.5 Å². The molecule has 0 aliphatic heterocycles. The molecule has 14 heavy (non-hydrogen) atoms. The van der Waals surface area contributed by atoms with E-state index >= 15 is 0 Å². The smallest absolute Gasteiger partial charge is 0.235 e. The Morgan fingerprint density at radius 1 is 1.79 bits per heavy atom. The molecule has 0 aromatic carbocycles. The normalized spacial score (nSPS) is 12.7. The Bertz CT molecular complexity index is 310. The van der Waals surface area contributed by atoms with Crippen molar-refractivity contribution in [2.75, 3.05) is 6.54 Å². The van der Waals surface area contributed by atoms with Gasteiger partial charge >= 0.3 is 0 Å². The van der Waals surface area contributed by atoms with Gasteiger partial charge in [0.1, 0.15) is 5.76 Å². The van der Waals surface area contributed by atoms with Gasteiger partial charge in [0.05, 0.1) is 11.7 Å². The Hall–Kier alpha value is -1.40. The predicted octanol–water partition coefficient (Wildman–Crippen LogP) is -1.11. The SMILES string of the molecule is Cc1cc(CNCC(N)C(N)=O)no1. The molecule has 0 bridgehead atoms. The Balaban J connectivity index is 2.25. The molecule has 0 saturated carbocycles. The Labute approximate surface area is 81.6 Å². The minimum Gasteiger partial charge on any atom is -0.368 e. The van der Waals surface area contributed by atoms with Crippen LogP contribution in [0.3, 0.4) is 0 Å². The molecule has 6 nitrogen and oxygen atoms in total. The highest BCUT2D eigenvalue weighted by Crippen LogP contribution is 2.00. The molecule has 78 valence electrons. The molecule has 0 saturated heterocycles. The average Bonchev–Trinajstić information content (AvgIpc) is 2.51. The van der Waals surface area contributed by atoms with Crippen molar-refractivity contribution in [1.82, 2.24) is 10.5 Å². The first-order valence-electron chi connectivity index (χ1n) is 4.27. The van der Waals surface area contributed by atoms with Gasteiger partial charge in [-0.15, -0.1) is 0 Å². The highest BCUT2D eigenvalue weighted by atomic mass is 16.5. The summed E-state index contributed by atoms with van der Waals surface area (Å²) in [6, 6.07) is 1.14. The Kier molecular flexibility index (Phi) is 3.61. The molecule has 5 N–H and O–H groups in total. The van der Waals surface area contributed by atoms with E-state index < -0.39 is 11.9 Å². The van der Waals surface area contributed by atoms with E-state index in [9.17, 15) is 4.79 Å². The fourth-order valence-electron chi connectivity index (χ4n) is 0.958. The highest BCUT2D eigenvalue weighted by molar-refractivity contribution is 5.79. The third-order valence-electron chi connectivity index (χ3n) is 1.71. The standard InChI is InChI=1S/C8H14N4O2/c1-5-2-6(12-14-5)3-11-4-7(9)8(10)13/h2,7,11H,3-4,9H2,1H3,(H2,10,13). The van der Waals surface area contributed by atoms with Gasteiger partial charge in [-0.05, 0) is 6.92 Å². The van der Waals surface area contributed by atoms with Crippen molar-refractivity contribution in [2.24, 2.45) is 11.5 Å². The van der Waals surface area contributed by atoms with Crippen LogP contribution in [0.5, 0.6) is 0 Å². The number of nitrogens with one attached hydrogen (secondary N) is 1. The second kappa shape index (κ2) is 4.73. The number of amides is 1. The van der Waals surface area contributed by atoms with Crippen LogP contribution in [0.2, 0.25) is 0 Å². The highest BCUT2D eigenvalue weighted by Gasteiger charge is 2.08. The van der Waals surface area contributed by atoms with Crippen LogP contribution in [0.1, 0.15) is 11.5 Å². The number of nitrogens with zero attached hydrogens (tertiary/aromatic N) is 1. The van der Waals surface area contributed by atoms with E-state index in [1.54, 1.807) is 0 Å². The van der Waals surface area contributed by atoms with Crippen LogP contribution in [0.4, 0.5) is 0 Å². The molecule has 0 aliphatic rings. The summed E-state index contributed by atoms with van der Waals surface area (Å²) >= 11 is 0. The van der Waals surface area contributed by atoms with Crippen molar-refractivity contribution in [3.63, 3.8) is 0 Å². The third-order valence-corrected chi connectivity index (χ3v) is 1.71. The summed E-state index contributed by atoms with van der Waals surface area (Å²) < 4.78 is 4.86. The number of rotatable bonds is 5. The molecule has 0 radical (unpaired) electrons. The molecule has 1 amide bonds. The predicted molar refractivity (Wildman–Crippen MR) is 50.1 cm³/mol. The van der Waals surface area contributed by atoms with Gasteiger partial charge in [-0.3, -0.25) is 4.79 Å². The number of primary amides is 1. The van der Waals surface area contributed by atoms with Gasteiger partial charge in [-0.2, -0.15) is 0 Å². The fraction of sp³-hybridized carbons (Fsp3) is 0.500. The van der Waals surface area contributed by atoms with Gasteiger partial charge in [-0.1, -0.05) is 5.16 Å². The van der Waals surface area contributed by atoms with E-state index in [0.717, 1.165) is 11.5 Å². The summed E-state index contributed by atoms with van der Waals surface area (Å²) in [6.07, 6.45) is 0. The monoisotopic (exact) mass is 198 g/mol. The summed E-state index contributed by atoms with van der Waals surface area (Å²) in [5.41, 5.74) is 11.2. The van der Waals surface area contributed by atoms with Gasteiger partial charge in [-0.25, -0.2) is 0 Å². The molecule has 1 heterocycles. The summed E-state index contributed by atoms with van der Waals surface area (Å²) in [5, 5.41) is 6.71. The zero-order chi connectivity index (χ0) is 10.6. The fourth-order valence-corrected chi connectivity index (χ4v) is 0.958. The Morgan fingerprint density at radius 2 is 2.50 bits per heavy atom. The zero-order valence-electron chi connectivity index (χ0n) is 7.99. The number of hydrogen-bond donors (Lipinski definition) is 3. The summed E-state index contributed by atoms with van der Waals surface area (Å²) in [4.78, 5) is 10.6. The largest absolute Gasteiger partial charge is 0.368 e. The van der Waals surface area contributed by atoms with Crippen LogP contribution in [-0.4, -0.2) is 23.7 Å². The van der Waals surface area contributed by atoms with Gasteiger partial charge in [0.25, 0.3) is 0 Å². The minimum absolute atomic E-state index is 0.335. The Morgan fingerprint density at radius 3 is 3.00 bits per heavy atom. The molecule has 1 atom stereocenters. The van der Waals surface area contributed by atoms with E-state index in [-0.39, 0.29) is 0 Å². The van der Waals surface area contributed by atoms with Gasteiger partial charge in [0.15, 0.2) is 0 Å². The van der Waals surface area contributed by atoms with Crippen LogP contribution >= 0.6 is 0 Å². The molecule has 0 aliphatic carbocycles. The topological polar surface area (TPSA) is 107 Å². The molecule has 0 fully saturated rings. The zero-order valence-corrected chi connectivity index (χ0v) is 7.99.